The highest BCUT2D eigenvalue weighted by Crippen LogP contribution is 2.39. The number of Topliss-reactive ketones (excluding diaryl/α,β-unsaturated/α-hetero) is 1. The van der Waals surface area contributed by atoms with Crippen molar-refractivity contribution in [3.8, 4) is 11.5 Å². The number of nitrogens with one attached hydrogen (secondary N) is 4. The lowest BCUT2D eigenvalue weighted by Crippen LogP contribution is -2.39. The molecule has 5 aromatic carbocycles. The lowest BCUT2D eigenvalue weighted by atomic mass is 10.0. The summed E-state index contributed by atoms with van der Waals surface area (Å²) in [7, 11) is -3.83. The zero-order valence-electron chi connectivity index (χ0n) is 31.9. The molecule has 0 heterocycles. The number of carbonyl (C=O) groups is 3. The third-order valence-electron chi connectivity index (χ3n) is 8.44. The quantitative estimate of drug-likeness (QED) is 0.0721. The number of hydrogen-bond acceptors (Lipinski definition) is 8. The van der Waals surface area contributed by atoms with Gasteiger partial charge in [0.05, 0.1) is 27.2 Å². The number of sulfonamides is 1. The number of benzene rings is 5. The Kier molecular flexibility index (Phi) is 14.1. The van der Waals surface area contributed by atoms with Crippen molar-refractivity contribution in [3.05, 3.63) is 148 Å². The van der Waals surface area contributed by atoms with Crippen molar-refractivity contribution < 1.29 is 36.7 Å². The summed E-state index contributed by atoms with van der Waals surface area (Å²) in [4.78, 5) is 40.2. The van der Waals surface area contributed by atoms with Gasteiger partial charge in [-0.2, -0.15) is 0 Å². The van der Waals surface area contributed by atoms with Crippen LogP contribution in [0.4, 0.5) is 20.6 Å². The van der Waals surface area contributed by atoms with Gasteiger partial charge in [-0.05, 0) is 92.9 Å². The first-order chi connectivity index (χ1) is 27.1. The van der Waals surface area contributed by atoms with E-state index in [-0.39, 0.29) is 52.2 Å². The van der Waals surface area contributed by atoms with Crippen LogP contribution in [0.1, 0.15) is 61.2 Å². The number of ketones is 1. The van der Waals surface area contributed by atoms with Crippen molar-refractivity contribution in [2.45, 2.75) is 70.2 Å². The monoisotopic (exact) mass is 814 g/mol. The lowest BCUT2D eigenvalue weighted by Gasteiger charge is -2.21. The summed E-state index contributed by atoms with van der Waals surface area (Å²) in [5.74, 6) is -1.04. The molecule has 298 valence electrons. The summed E-state index contributed by atoms with van der Waals surface area (Å²) < 4.78 is 54.2. The van der Waals surface area contributed by atoms with E-state index in [1.54, 1.807) is 106 Å². The largest absolute Gasteiger partial charge is 0.454 e. The number of amides is 2. The van der Waals surface area contributed by atoms with Gasteiger partial charge in [0.1, 0.15) is 17.2 Å². The molecule has 0 aliphatic heterocycles. The number of carbonyl (C=O) groups excluding carboxylic acids is 3. The average molecular weight is 815 g/mol. The zero-order valence-corrected chi connectivity index (χ0v) is 33.5. The van der Waals surface area contributed by atoms with Crippen LogP contribution >= 0.6 is 11.6 Å². The summed E-state index contributed by atoms with van der Waals surface area (Å²) >= 11 is 6.71. The van der Waals surface area contributed by atoms with E-state index in [1.165, 1.54) is 30.3 Å². The van der Waals surface area contributed by atoms with Crippen LogP contribution in [0, 0.1) is 5.82 Å². The summed E-state index contributed by atoms with van der Waals surface area (Å²) in [6.07, 6.45) is -0.391. The second kappa shape index (κ2) is 18.9. The molecule has 1 atom stereocenters. The third kappa shape index (κ3) is 12.1. The number of rotatable bonds is 16. The number of anilines is 2. The van der Waals surface area contributed by atoms with Crippen LogP contribution in [0.3, 0.4) is 0 Å². The fraction of sp³-hybridized carbons (Fsp3) is 0.233. The second-order valence-corrected chi connectivity index (χ2v) is 16.1. The van der Waals surface area contributed by atoms with Gasteiger partial charge in [-0.25, -0.2) is 17.6 Å². The molecular formula is C43H44ClFN4O7S. The van der Waals surface area contributed by atoms with E-state index < -0.39 is 45.3 Å². The summed E-state index contributed by atoms with van der Waals surface area (Å²) in [6, 6.07) is 29.6. The molecule has 11 nitrogen and oxygen atoms in total. The normalized spacial score (nSPS) is 12.0. The summed E-state index contributed by atoms with van der Waals surface area (Å²) in [5, 5.41) is 8.73. The summed E-state index contributed by atoms with van der Waals surface area (Å²) in [5.41, 5.74) is 1.38. The Morgan fingerprint density at radius 3 is 2.21 bits per heavy atom. The molecule has 0 bridgehead atoms. The van der Waals surface area contributed by atoms with Gasteiger partial charge < -0.3 is 25.4 Å². The molecule has 1 unspecified atom stereocenters. The van der Waals surface area contributed by atoms with Crippen LogP contribution in [0.25, 0.3) is 0 Å². The highest BCUT2D eigenvalue weighted by molar-refractivity contribution is 7.92. The fourth-order valence-electron chi connectivity index (χ4n) is 5.64. The van der Waals surface area contributed by atoms with E-state index in [4.69, 9.17) is 21.1 Å². The molecule has 4 N–H and O–H groups in total. The molecule has 0 fully saturated rings. The van der Waals surface area contributed by atoms with Gasteiger partial charge in [-0.3, -0.25) is 14.3 Å². The van der Waals surface area contributed by atoms with Crippen LogP contribution in [0.2, 0.25) is 5.02 Å². The van der Waals surface area contributed by atoms with Gasteiger partial charge in [-0.15, -0.1) is 0 Å². The highest BCUT2D eigenvalue weighted by atomic mass is 35.5. The first kappa shape index (κ1) is 42.4. The third-order valence-corrected chi connectivity index (χ3v) is 10.2. The predicted octanol–water partition coefficient (Wildman–Crippen LogP) is 9.03. The number of alkyl carbamates (subject to hydrolysis) is 1. The van der Waals surface area contributed by atoms with Crippen molar-refractivity contribution in [2.24, 2.45) is 0 Å². The molecule has 0 saturated heterocycles. The fourth-order valence-corrected chi connectivity index (χ4v) is 6.98. The topological polar surface area (TPSA) is 152 Å². The Hall–Kier alpha value is -5.76. The van der Waals surface area contributed by atoms with Crippen LogP contribution in [-0.4, -0.2) is 37.8 Å². The van der Waals surface area contributed by atoms with Gasteiger partial charge in [0, 0.05) is 30.8 Å². The number of ether oxygens (including phenoxy) is 2. The van der Waals surface area contributed by atoms with Gasteiger partial charge >= 0.3 is 6.09 Å². The average Bonchev–Trinajstić information content (AvgIpc) is 3.16. The smallest absolute Gasteiger partial charge is 0.407 e. The van der Waals surface area contributed by atoms with Crippen molar-refractivity contribution in [2.75, 3.05) is 10.0 Å². The number of halogens is 2. The molecule has 0 aliphatic carbocycles. The minimum atomic E-state index is -3.83. The molecule has 0 radical (unpaired) electrons. The van der Waals surface area contributed by atoms with Crippen LogP contribution in [0.15, 0.2) is 120 Å². The SMILES string of the molecule is CCC(NCc1ccccc1F)C(=O)Nc1ccc(Cl)c(C(=O)Cc2ccc(NS(=O)(=O)c3ccccc3)cc2)c1Oc1cccc(CNC(=O)OC(C)(C)C)c1. The van der Waals surface area contributed by atoms with E-state index in [0.29, 0.717) is 28.8 Å². The van der Waals surface area contributed by atoms with E-state index >= 15 is 0 Å². The maximum atomic E-state index is 14.3. The Labute approximate surface area is 337 Å². The zero-order chi connectivity index (χ0) is 41.2. The van der Waals surface area contributed by atoms with Crippen LogP contribution in [-0.2, 0) is 39.1 Å². The number of hydrogen-bond donors (Lipinski definition) is 4. The molecule has 57 heavy (non-hydrogen) atoms. The molecular weight excluding hydrogens is 771 g/mol. The maximum absolute atomic E-state index is 14.3. The Morgan fingerprint density at radius 2 is 1.53 bits per heavy atom. The minimum absolute atomic E-state index is 0.00651. The van der Waals surface area contributed by atoms with Gasteiger partial charge in [0.25, 0.3) is 10.0 Å². The van der Waals surface area contributed by atoms with Crippen molar-refractivity contribution in [3.63, 3.8) is 0 Å². The molecule has 0 saturated carbocycles. The van der Waals surface area contributed by atoms with Gasteiger partial charge in [-0.1, -0.05) is 79.2 Å². The minimum Gasteiger partial charge on any atom is -0.454 e. The Balaban J connectivity index is 1.41. The van der Waals surface area contributed by atoms with E-state index in [0.717, 1.165) is 0 Å². The van der Waals surface area contributed by atoms with Gasteiger partial charge in [0.2, 0.25) is 5.91 Å². The molecule has 0 spiro atoms. The molecule has 14 heteroatoms. The second-order valence-electron chi connectivity index (χ2n) is 14.0. The van der Waals surface area contributed by atoms with E-state index in [1.807, 2.05) is 6.92 Å². The molecule has 0 aromatic heterocycles. The Morgan fingerprint density at radius 1 is 0.825 bits per heavy atom. The van der Waals surface area contributed by atoms with Crippen molar-refractivity contribution >= 4 is 50.8 Å². The molecule has 5 rings (SSSR count). The molecule has 0 aliphatic rings. The standard InChI is InChI=1S/C43H44ClFN4O7S/c1-5-36(46-27-30-13-9-10-17-35(30)45)41(51)48-37-23-22-34(44)39(40(37)55-32-14-11-12-29(24-32)26-47-42(52)56-43(2,3)4)38(50)25-28-18-20-31(21-19-28)49-57(53,54)33-15-7-6-8-16-33/h6-24,36,46,49H,5,25-27H2,1-4H3,(H,47,52)(H,48,51). The van der Waals surface area contributed by atoms with Crippen LogP contribution in [0.5, 0.6) is 11.5 Å². The maximum Gasteiger partial charge on any atom is 0.407 e. The summed E-state index contributed by atoms with van der Waals surface area (Å²) in [6.45, 7) is 7.30. The van der Waals surface area contributed by atoms with Gasteiger partial charge in [0.15, 0.2) is 11.5 Å². The van der Waals surface area contributed by atoms with E-state index in [9.17, 15) is 27.2 Å². The first-order valence-electron chi connectivity index (χ1n) is 18.2. The molecule has 5 aromatic rings. The Bertz CT molecular complexity index is 2320. The highest BCUT2D eigenvalue weighted by Gasteiger charge is 2.25. The van der Waals surface area contributed by atoms with Crippen molar-refractivity contribution in [1.82, 2.24) is 10.6 Å². The first-order valence-corrected chi connectivity index (χ1v) is 20.0. The van der Waals surface area contributed by atoms with E-state index in [2.05, 4.69) is 20.7 Å². The van der Waals surface area contributed by atoms with Crippen molar-refractivity contribution in [1.29, 1.82) is 0 Å². The molecule has 2 amide bonds. The predicted molar refractivity (Wildman–Crippen MR) is 219 cm³/mol. The van der Waals surface area contributed by atoms with Crippen LogP contribution < -0.4 is 25.4 Å². The lowest BCUT2D eigenvalue weighted by molar-refractivity contribution is -0.118.